The minimum absolute atomic E-state index is 0. The van der Waals surface area contributed by atoms with E-state index < -0.39 is 5.60 Å². The van der Waals surface area contributed by atoms with Crippen molar-refractivity contribution < 1.29 is 14.3 Å². The average molecular weight is 343 g/mol. The lowest BCUT2D eigenvalue weighted by Gasteiger charge is -2.34. The maximum atomic E-state index is 12.4. The third kappa shape index (κ3) is 5.46. The van der Waals surface area contributed by atoms with Gasteiger partial charge in [-0.05, 0) is 44.0 Å². The maximum absolute atomic E-state index is 12.4. The van der Waals surface area contributed by atoms with E-state index in [-0.39, 0.29) is 18.3 Å². The van der Waals surface area contributed by atoms with Crippen LogP contribution in [0.1, 0.15) is 30.9 Å². The standard InChI is InChI=1S/C17H26N2O3.ClH/c1-3-22-13-15-6-4-14(5-7-15)12-19-16(20)17(21-2)8-10-18-11-9-17;/h4-7,18H,3,8-13H2,1-2H3,(H,19,20);1H. The van der Waals surface area contributed by atoms with E-state index in [0.29, 0.717) is 32.6 Å². The first-order valence-electron chi connectivity index (χ1n) is 7.90. The van der Waals surface area contributed by atoms with Crippen LogP contribution in [0.4, 0.5) is 0 Å². The zero-order valence-electron chi connectivity index (χ0n) is 13.9. The fraction of sp³-hybridized carbons (Fsp3) is 0.588. The van der Waals surface area contributed by atoms with Gasteiger partial charge in [0.15, 0.2) is 0 Å². The molecule has 0 aromatic heterocycles. The van der Waals surface area contributed by atoms with Crippen molar-refractivity contribution in [3.63, 3.8) is 0 Å². The van der Waals surface area contributed by atoms with E-state index in [1.807, 2.05) is 31.2 Å². The summed E-state index contributed by atoms with van der Waals surface area (Å²) in [6, 6.07) is 8.12. The van der Waals surface area contributed by atoms with E-state index in [4.69, 9.17) is 9.47 Å². The van der Waals surface area contributed by atoms with Crippen molar-refractivity contribution >= 4 is 18.3 Å². The highest BCUT2D eigenvalue weighted by Gasteiger charge is 2.39. The van der Waals surface area contributed by atoms with Crippen LogP contribution in [0.5, 0.6) is 0 Å². The van der Waals surface area contributed by atoms with Crippen molar-refractivity contribution in [2.75, 3.05) is 26.8 Å². The molecule has 1 aliphatic heterocycles. The highest BCUT2D eigenvalue weighted by Crippen LogP contribution is 2.22. The maximum Gasteiger partial charge on any atom is 0.252 e. The van der Waals surface area contributed by atoms with Gasteiger partial charge in [-0.15, -0.1) is 12.4 Å². The summed E-state index contributed by atoms with van der Waals surface area (Å²) in [6.45, 7) is 5.47. The highest BCUT2D eigenvalue weighted by molar-refractivity contribution is 5.85. The molecule has 6 heteroatoms. The van der Waals surface area contributed by atoms with Gasteiger partial charge in [-0.3, -0.25) is 4.79 Å². The Morgan fingerprint density at radius 3 is 2.39 bits per heavy atom. The number of benzene rings is 1. The molecule has 130 valence electrons. The molecule has 2 N–H and O–H groups in total. The van der Waals surface area contributed by atoms with Gasteiger partial charge < -0.3 is 20.1 Å². The molecular formula is C17H27ClN2O3. The van der Waals surface area contributed by atoms with Crippen molar-refractivity contribution in [3.05, 3.63) is 35.4 Å². The number of hydrogen-bond donors (Lipinski definition) is 2. The predicted molar refractivity (Wildman–Crippen MR) is 92.7 cm³/mol. The summed E-state index contributed by atoms with van der Waals surface area (Å²) in [5.74, 6) is -0.0186. The van der Waals surface area contributed by atoms with Crippen LogP contribution in [-0.2, 0) is 27.4 Å². The molecule has 5 nitrogen and oxygen atoms in total. The molecule has 1 heterocycles. The summed E-state index contributed by atoms with van der Waals surface area (Å²) < 4.78 is 10.9. The van der Waals surface area contributed by atoms with Gasteiger partial charge in [-0.1, -0.05) is 24.3 Å². The summed E-state index contributed by atoms with van der Waals surface area (Å²) in [5, 5.41) is 6.25. The SMILES string of the molecule is CCOCc1ccc(CNC(=O)C2(OC)CCNCC2)cc1.Cl. The molecular weight excluding hydrogens is 316 g/mol. The second-order valence-corrected chi connectivity index (χ2v) is 5.58. The number of halogens is 1. The van der Waals surface area contributed by atoms with Crippen LogP contribution in [0, 0.1) is 0 Å². The van der Waals surface area contributed by atoms with E-state index in [1.54, 1.807) is 7.11 Å². The molecule has 1 saturated heterocycles. The molecule has 0 saturated carbocycles. The van der Waals surface area contributed by atoms with Gasteiger partial charge in [0, 0.05) is 20.3 Å². The lowest BCUT2D eigenvalue weighted by atomic mass is 9.91. The largest absolute Gasteiger partial charge is 0.377 e. The molecule has 0 aliphatic carbocycles. The van der Waals surface area contributed by atoms with Crippen molar-refractivity contribution in [3.8, 4) is 0 Å². The average Bonchev–Trinajstić information content (AvgIpc) is 2.59. The Morgan fingerprint density at radius 1 is 1.22 bits per heavy atom. The van der Waals surface area contributed by atoms with Crippen molar-refractivity contribution in [2.45, 2.75) is 38.5 Å². The third-order valence-corrected chi connectivity index (χ3v) is 4.16. The van der Waals surface area contributed by atoms with Crippen LogP contribution >= 0.6 is 12.4 Å². The number of carbonyl (C=O) groups is 1. The predicted octanol–water partition coefficient (Wildman–Crippen LogP) is 2.03. The number of rotatable bonds is 7. The second-order valence-electron chi connectivity index (χ2n) is 5.58. The molecule has 0 spiro atoms. The van der Waals surface area contributed by atoms with Gasteiger partial charge in [0.1, 0.15) is 5.60 Å². The fourth-order valence-electron chi connectivity index (χ4n) is 2.67. The number of amides is 1. The van der Waals surface area contributed by atoms with Crippen molar-refractivity contribution in [1.82, 2.24) is 10.6 Å². The Hall–Kier alpha value is -1.14. The zero-order chi connectivity index (χ0) is 15.8. The lowest BCUT2D eigenvalue weighted by Crippen LogP contribution is -2.53. The molecule has 1 amide bonds. The Labute approximate surface area is 144 Å². The molecule has 1 aromatic carbocycles. The Kier molecular flexibility index (Phi) is 8.55. The molecule has 0 unspecified atom stereocenters. The van der Waals surface area contributed by atoms with Crippen LogP contribution in [0.15, 0.2) is 24.3 Å². The Morgan fingerprint density at radius 2 is 1.83 bits per heavy atom. The van der Waals surface area contributed by atoms with Gasteiger partial charge in [0.25, 0.3) is 5.91 Å². The first-order valence-corrected chi connectivity index (χ1v) is 7.90. The molecule has 0 radical (unpaired) electrons. The topological polar surface area (TPSA) is 59.6 Å². The number of piperidine rings is 1. The van der Waals surface area contributed by atoms with Gasteiger partial charge >= 0.3 is 0 Å². The van der Waals surface area contributed by atoms with Gasteiger partial charge in [0.2, 0.25) is 0 Å². The Balaban J connectivity index is 0.00000264. The van der Waals surface area contributed by atoms with Crippen LogP contribution < -0.4 is 10.6 Å². The van der Waals surface area contributed by atoms with Crippen LogP contribution in [0.2, 0.25) is 0 Å². The normalized spacial score (nSPS) is 16.4. The molecule has 0 bridgehead atoms. The van der Waals surface area contributed by atoms with E-state index >= 15 is 0 Å². The highest BCUT2D eigenvalue weighted by atomic mass is 35.5. The first kappa shape index (κ1) is 19.9. The summed E-state index contributed by atoms with van der Waals surface area (Å²) in [4.78, 5) is 12.4. The smallest absolute Gasteiger partial charge is 0.252 e. The summed E-state index contributed by atoms with van der Waals surface area (Å²) in [5.41, 5.74) is 1.54. The van der Waals surface area contributed by atoms with Crippen LogP contribution in [0.3, 0.4) is 0 Å². The zero-order valence-corrected chi connectivity index (χ0v) is 14.7. The molecule has 0 atom stereocenters. The third-order valence-electron chi connectivity index (χ3n) is 4.16. The van der Waals surface area contributed by atoms with Crippen molar-refractivity contribution in [1.29, 1.82) is 0 Å². The lowest BCUT2D eigenvalue weighted by molar-refractivity contribution is -0.146. The number of carbonyl (C=O) groups excluding carboxylic acids is 1. The molecule has 2 rings (SSSR count). The second kappa shape index (κ2) is 9.88. The summed E-state index contributed by atoms with van der Waals surface area (Å²) in [6.07, 6.45) is 1.42. The van der Waals surface area contributed by atoms with E-state index in [0.717, 1.165) is 24.2 Å². The minimum Gasteiger partial charge on any atom is -0.377 e. The minimum atomic E-state index is -0.680. The summed E-state index contributed by atoms with van der Waals surface area (Å²) >= 11 is 0. The first-order chi connectivity index (χ1) is 10.7. The fourth-order valence-corrected chi connectivity index (χ4v) is 2.67. The van der Waals surface area contributed by atoms with E-state index in [2.05, 4.69) is 10.6 Å². The van der Waals surface area contributed by atoms with Crippen LogP contribution in [-0.4, -0.2) is 38.3 Å². The van der Waals surface area contributed by atoms with Gasteiger partial charge in [-0.25, -0.2) is 0 Å². The number of ether oxygens (including phenoxy) is 2. The van der Waals surface area contributed by atoms with Gasteiger partial charge in [-0.2, -0.15) is 0 Å². The summed E-state index contributed by atoms with van der Waals surface area (Å²) in [7, 11) is 1.62. The van der Waals surface area contributed by atoms with E-state index in [1.165, 1.54) is 0 Å². The molecule has 1 fully saturated rings. The number of hydrogen-bond acceptors (Lipinski definition) is 4. The van der Waals surface area contributed by atoms with Crippen LogP contribution in [0.25, 0.3) is 0 Å². The Bertz CT molecular complexity index is 473. The van der Waals surface area contributed by atoms with Gasteiger partial charge in [0.05, 0.1) is 6.61 Å². The molecule has 23 heavy (non-hydrogen) atoms. The molecule has 1 aromatic rings. The van der Waals surface area contributed by atoms with E-state index in [9.17, 15) is 4.79 Å². The molecule has 1 aliphatic rings. The number of methoxy groups -OCH3 is 1. The number of nitrogens with one attached hydrogen (secondary N) is 2. The monoisotopic (exact) mass is 342 g/mol. The quantitative estimate of drug-likeness (QED) is 0.796. The van der Waals surface area contributed by atoms with Crippen molar-refractivity contribution in [2.24, 2.45) is 0 Å².